The molecule has 0 aromatic heterocycles. The largest absolute Gasteiger partial charge is 0.497 e. The van der Waals surface area contributed by atoms with Gasteiger partial charge in [0.05, 0.1) is 25.6 Å². The van der Waals surface area contributed by atoms with E-state index in [0.717, 1.165) is 5.56 Å². The van der Waals surface area contributed by atoms with Gasteiger partial charge in [-0.25, -0.2) is 8.42 Å². The highest BCUT2D eigenvalue weighted by atomic mass is 32.2. The molecule has 7 nitrogen and oxygen atoms in total. The van der Waals surface area contributed by atoms with E-state index in [9.17, 15) is 13.2 Å². The first-order valence-corrected chi connectivity index (χ1v) is 12.2. The molecule has 0 heterocycles. The fraction of sp³-hybridized carbons (Fsp3) is 0.435. The molecule has 170 valence electrons. The van der Waals surface area contributed by atoms with Crippen LogP contribution in [0.3, 0.4) is 0 Å². The van der Waals surface area contributed by atoms with Gasteiger partial charge in [0.1, 0.15) is 18.1 Å². The Bertz CT molecular complexity index is 943. The minimum absolute atomic E-state index is 0.141. The molecule has 0 aliphatic rings. The third kappa shape index (κ3) is 8.13. The fourth-order valence-corrected chi connectivity index (χ4v) is 4.00. The molecule has 0 saturated carbocycles. The molecule has 0 aliphatic carbocycles. The normalized spacial score (nSPS) is 11.3. The zero-order valence-corrected chi connectivity index (χ0v) is 19.4. The number of hydrogen-bond acceptors (Lipinski definition) is 5. The van der Waals surface area contributed by atoms with Gasteiger partial charge in [0, 0.05) is 19.0 Å². The lowest BCUT2D eigenvalue weighted by Gasteiger charge is -2.23. The van der Waals surface area contributed by atoms with Crippen LogP contribution in [-0.4, -0.2) is 47.4 Å². The van der Waals surface area contributed by atoms with Gasteiger partial charge >= 0.3 is 0 Å². The molecule has 0 unspecified atom stereocenters. The summed E-state index contributed by atoms with van der Waals surface area (Å²) in [6, 6.07) is 14.7. The fourth-order valence-electron chi connectivity index (χ4n) is 3.03. The summed E-state index contributed by atoms with van der Waals surface area (Å²) in [4.78, 5) is 12.1. The third-order valence-corrected chi connectivity index (χ3v) is 5.94. The summed E-state index contributed by atoms with van der Waals surface area (Å²) < 4.78 is 36.5. The Morgan fingerprint density at radius 2 is 1.77 bits per heavy atom. The van der Waals surface area contributed by atoms with Crippen LogP contribution in [0.4, 0.5) is 5.69 Å². The second kappa shape index (κ2) is 11.6. The van der Waals surface area contributed by atoms with Crippen molar-refractivity contribution >= 4 is 21.6 Å². The van der Waals surface area contributed by atoms with E-state index in [4.69, 9.17) is 9.47 Å². The second-order valence-electron chi connectivity index (χ2n) is 7.56. The van der Waals surface area contributed by atoms with Crippen LogP contribution in [0.5, 0.6) is 11.5 Å². The molecule has 0 bridgehead atoms. The maximum absolute atomic E-state index is 12.2. The van der Waals surface area contributed by atoms with Crippen LogP contribution < -0.4 is 19.1 Å². The number of nitrogens with zero attached hydrogens (tertiary/aromatic N) is 1. The lowest BCUT2D eigenvalue weighted by atomic mass is 10.0. The van der Waals surface area contributed by atoms with Gasteiger partial charge in [-0.05, 0) is 42.2 Å². The molecule has 2 aromatic carbocycles. The first-order valence-electron chi connectivity index (χ1n) is 10.3. The van der Waals surface area contributed by atoms with Gasteiger partial charge < -0.3 is 14.8 Å². The SMILES string of the molecule is COc1cccc(OCCNC(=O)CCCN(c2ccc(C(C)C)cc2)S(C)(=O)=O)c1. The smallest absolute Gasteiger partial charge is 0.232 e. The number of methoxy groups -OCH3 is 1. The average molecular weight is 449 g/mol. The Morgan fingerprint density at radius 1 is 1.10 bits per heavy atom. The van der Waals surface area contributed by atoms with Crippen molar-refractivity contribution in [2.45, 2.75) is 32.6 Å². The molecule has 1 N–H and O–H groups in total. The quantitative estimate of drug-likeness (QED) is 0.502. The number of hydrogen-bond donors (Lipinski definition) is 1. The number of benzene rings is 2. The maximum Gasteiger partial charge on any atom is 0.232 e. The standard InChI is InChI=1S/C23H32N2O5S/c1-18(2)19-10-12-20(13-11-19)25(31(4,27)28)15-6-9-23(26)24-14-16-30-22-8-5-7-21(17-22)29-3/h5,7-8,10-13,17-18H,6,9,14-16H2,1-4H3,(H,24,26). The van der Waals surface area contributed by atoms with Crippen molar-refractivity contribution in [3.63, 3.8) is 0 Å². The zero-order valence-electron chi connectivity index (χ0n) is 18.6. The van der Waals surface area contributed by atoms with E-state index in [0.29, 0.717) is 42.7 Å². The lowest BCUT2D eigenvalue weighted by molar-refractivity contribution is -0.121. The molecule has 2 rings (SSSR count). The van der Waals surface area contributed by atoms with Gasteiger partial charge in [-0.15, -0.1) is 0 Å². The van der Waals surface area contributed by atoms with E-state index in [-0.39, 0.29) is 18.9 Å². The molecular weight excluding hydrogens is 416 g/mol. The van der Waals surface area contributed by atoms with E-state index in [1.54, 1.807) is 13.2 Å². The molecular formula is C23H32N2O5S. The summed E-state index contributed by atoms with van der Waals surface area (Å²) in [5.41, 5.74) is 1.76. The van der Waals surface area contributed by atoms with Crippen LogP contribution in [-0.2, 0) is 14.8 Å². The summed E-state index contributed by atoms with van der Waals surface area (Å²) >= 11 is 0. The number of carbonyl (C=O) groups excluding carboxylic acids is 1. The Kier molecular flexibility index (Phi) is 9.18. The van der Waals surface area contributed by atoms with E-state index in [1.165, 1.54) is 10.6 Å². The van der Waals surface area contributed by atoms with Crippen LogP contribution >= 0.6 is 0 Å². The van der Waals surface area contributed by atoms with Gasteiger partial charge in [-0.2, -0.15) is 0 Å². The maximum atomic E-state index is 12.2. The molecule has 0 saturated heterocycles. The van der Waals surface area contributed by atoms with Crippen molar-refractivity contribution in [3.8, 4) is 11.5 Å². The van der Waals surface area contributed by atoms with Crippen molar-refractivity contribution in [2.75, 3.05) is 37.4 Å². The monoisotopic (exact) mass is 448 g/mol. The highest BCUT2D eigenvalue weighted by Gasteiger charge is 2.17. The topological polar surface area (TPSA) is 84.9 Å². The van der Waals surface area contributed by atoms with E-state index in [2.05, 4.69) is 19.2 Å². The van der Waals surface area contributed by atoms with Crippen molar-refractivity contribution in [2.24, 2.45) is 0 Å². The first kappa shape index (κ1) is 24.5. The Balaban J connectivity index is 1.77. The highest BCUT2D eigenvalue weighted by Crippen LogP contribution is 2.22. The van der Waals surface area contributed by atoms with Crippen molar-refractivity contribution < 1.29 is 22.7 Å². The summed E-state index contributed by atoms with van der Waals surface area (Å²) in [5.74, 6) is 1.60. The molecule has 8 heteroatoms. The van der Waals surface area contributed by atoms with E-state index >= 15 is 0 Å². The van der Waals surface area contributed by atoms with Gasteiger partial charge in [-0.1, -0.05) is 32.0 Å². The van der Waals surface area contributed by atoms with Crippen molar-refractivity contribution in [1.82, 2.24) is 5.32 Å². The average Bonchev–Trinajstić information content (AvgIpc) is 2.73. The van der Waals surface area contributed by atoms with Crippen molar-refractivity contribution in [3.05, 3.63) is 54.1 Å². The molecule has 0 aliphatic heterocycles. The third-order valence-electron chi connectivity index (χ3n) is 4.75. The van der Waals surface area contributed by atoms with Crippen molar-refractivity contribution in [1.29, 1.82) is 0 Å². The minimum atomic E-state index is -3.43. The number of nitrogens with one attached hydrogen (secondary N) is 1. The summed E-state index contributed by atoms with van der Waals surface area (Å²) in [5, 5.41) is 2.79. The molecule has 0 fully saturated rings. The zero-order chi connectivity index (χ0) is 22.9. The second-order valence-corrected chi connectivity index (χ2v) is 9.47. The molecule has 2 aromatic rings. The van der Waals surface area contributed by atoms with Crippen LogP contribution in [0.25, 0.3) is 0 Å². The van der Waals surface area contributed by atoms with Gasteiger partial charge in [0.2, 0.25) is 15.9 Å². The Labute approximate surface area is 185 Å². The summed E-state index contributed by atoms with van der Waals surface area (Å²) in [7, 11) is -1.85. The predicted octanol–water partition coefficient (Wildman–Crippen LogP) is 3.56. The summed E-state index contributed by atoms with van der Waals surface area (Å²) in [6.07, 6.45) is 1.83. The highest BCUT2D eigenvalue weighted by molar-refractivity contribution is 7.92. The van der Waals surface area contributed by atoms with Crippen LogP contribution in [0.15, 0.2) is 48.5 Å². The molecule has 0 atom stereocenters. The van der Waals surface area contributed by atoms with Crippen LogP contribution in [0, 0.1) is 0 Å². The number of carbonyl (C=O) groups is 1. The molecule has 31 heavy (non-hydrogen) atoms. The number of anilines is 1. The van der Waals surface area contributed by atoms with Crippen LogP contribution in [0.2, 0.25) is 0 Å². The molecule has 0 spiro atoms. The van der Waals surface area contributed by atoms with Gasteiger partial charge in [0.15, 0.2) is 0 Å². The van der Waals surface area contributed by atoms with Gasteiger partial charge in [-0.3, -0.25) is 9.10 Å². The predicted molar refractivity (Wildman–Crippen MR) is 123 cm³/mol. The van der Waals surface area contributed by atoms with Gasteiger partial charge in [0.25, 0.3) is 0 Å². The van der Waals surface area contributed by atoms with E-state index in [1.807, 2.05) is 42.5 Å². The Morgan fingerprint density at radius 3 is 2.39 bits per heavy atom. The van der Waals surface area contributed by atoms with Crippen LogP contribution in [0.1, 0.15) is 38.2 Å². The molecule has 1 amide bonds. The number of amides is 1. The number of sulfonamides is 1. The molecule has 0 radical (unpaired) electrons. The summed E-state index contributed by atoms with van der Waals surface area (Å²) in [6.45, 7) is 5.11. The van der Waals surface area contributed by atoms with E-state index < -0.39 is 10.0 Å². The first-order chi connectivity index (χ1) is 14.7. The number of ether oxygens (including phenoxy) is 2. The number of rotatable bonds is 12. The lowest BCUT2D eigenvalue weighted by Crippen LogP contribution is -2.32. The Hall–Kier alpha value is -2.74. The minimum Gasteiger partial charge on any atom is -0.497 e.